The molecule has 0 aliphatic carbocycles. The highest BCUT2D eigenvalue weighted by atomic mass is 35.5. The first-order valence-electron chi connectivity index (χ1n) is 8.45. The summed E-state index contributed by atoms with van der Waals surface area (Å²) in [7, 11) is 0. The van der Waals surface area contributed by atoms with Crippen LogP contribution >= 0.6 is 12.4 Å². The van der Waals surface area contributed by atoms with E-state index in [1.807, 2.05) is 0 Å². The molecule has 0 aromatic heterocycles. The van der Waals surface area contributed by atoms with Crippen molar-refractivity contribution in [1.29, 1.82) is 0 Å². The fourth-order valence-electron chi connectivity index (χ4n) is 2.35. The molecule has 6 nitrogen and oxygen atoms in total. The Labute approximate surface area is 172 Å². The summed E-state index contributed by atoms with van der Waals surface area (Å²) in [5.41, 5.74) is 4.78. The minimum absolute atomic E-state index is 0. The average molecular weight is 432 g/mol. The number of carbonyl (C=O) groups is 2. The number of benzene rings is 2. The van der Waals surface area contributed by atoms with Gasteiger partial charge in [-0.25, -0.2) is 0 Å². The minimum Gasteiger partial charge on any atom is -0.480 e. The maximum absolute atomic E-state index is 13.1. The zero-order chi connectivity index (χ0) is 20.7. The number of carbonyl (C=O) groups excluding carboxylic acids is 2. The number of hydrogen-bond donors (Lipinski definition) is 3. The lowest BCUT2D eigenvalue weighted by Crippen LogP contribution is -2.33. The van der Waals surface area contributed by atoms with Crippen LogP contribution in [-0.2, 0) is 11.0 Å². The van der Waals surface area contributed by atoms with Crippen molar-refractivity contribution in [2.24, 2.45) is 5.73 Å². The molecule has 0 heterocycles. The summed E-state index contributed by atoms with van der Waals surface area (Å²) >= 11 is 0. The van der Waals surface area contributed by atoms with Gasteiger partial charge in [0, 0.05) is 13.1 Å². The molecule has 0 aliphatic heterocycles. The fourth-order valence-corrected chi connectivity index (χ4v) is 2.35. The number of amides is 2. The summed E-state index contributed by atoms with van der Waals surface area (Å²) < 4.78 is 44.4. The highest BCUT2D eigenvalue weighted by molar-refractivity contribution is 6.04. The molecule has 0 aliphatic rings. The van der Waals surface area contributed by atoms with E-state index in [-0.39, 0.29) is 36.7 Å². The monoisotopic (exact) mass is 431 g/mol. The molecule has 158 valence electrons. The van der Waals surface area contributed by atoms with Crippen molar-refractivity contribution in [3.63, 3.8) is 0 Å². The predicted octanol–water partition coefficient (Wildman–Crippen LogP) is 3.22. The standard InChI is InChI=1S/C19H20F3N3O3.ClH/c1-12(28-16-9-5-3-7-14(16)19(20,21)22)17(26)25-15-8-4-2-6-13(15)18(27)24-11-10-23;/h2-9,12H,10-11,23H2,1H3,(H,24,27)(H,25,26);1H. The normalized spacial score (nSPS) is 11.8. The Morgan fingerprint density at radius 3 is 2.38 bits per heavy atom. The highest BCUT2D eigenvalue weighted by Gasteiger charge is 2.34. The maximum Gasteiger partial charge on any atom is 0.419 e. The Kier molecular flexibility index (Phi) is 8.93. The second-order valence-corrected chi connectivity index (χ2v) is 5.83. The van der Waals surface area contributed by atoms with Crippen LogP contribution in [0.2, 0.25) is 0 Å². The molecule has 2 rings (SSSR count). The second kappa shape index (κ2) is 10.7. The van der Waals surface area contributed by atoms with E-state index in [4.69, 9.17) is 10.5 Å². The van der Waals surface area contributed by atoms with Crippen LogP contribution in [0, 0.1) is 0 Å². The van der Waals surface area contributed by atoms with Crippen LogP contribution in [0.4, 0.5) is 18.9 Å². The Balaban J connectivity index is 0.00000420. The van der Waals surface area contributed by atoms with Crippen LogP contribution in [0.1, 0.15) is 22.8 Å². The van der Waals surface area contributed by atoms with Crippen LogP contribution in [0.15, 0.2) is 48.5 Å². The van der Waals surface area contributed by atoms with Crippen LogP contribution < -0.4 is 21.1 Å². The van der Waals surface area contributed by atoms with Gasteiger partial charge in [0.2, 0.25) is 0 Å². The lowest BCUT2D eigenvalue weighted by molar-refractivity contribution is -0.140. The Hall–Kier alpha value is -2.78. The highest BCUT2D eigenvalue weighted by Crippen LogP contribution is 2.36. The third-order valence-electron chi connectivity index (χ3n) is 3.72. The van der Waals surface area contributed by atoms with Crippen molar-refractivity contribution < 1.29 is 27.5 Å². The van der Waals surface area contributed by atoms with Gasteiger partial charge in [0.05, 0.1) is 16.8 Å². The second-order valence-electron chi connectivity index (χ2n) is 5.83. The summed E-state index contributed by atoms with van der Waals surface area (Å²) in [6.07, 6.45) is -5.84. The number of nitrogens with one attached hydrogen (secondary N) is 2. The smallest absolute Gasteiger partial charge is 0.419 e. The summed E-state index contributed by atoms with van der Waals surface area (Å²) in [6.45, 7) is 1.83. The maximum atomic E-state index is 13.1. The van der Waals surface area contributed by atoms with E-state index in [9.17, 15) is 22.8 Å². The van der Waals surface area contributed by atoms with E-state index in [1.54, 1.807) is 12.1 Å². The molecule has 0 bridgehead atoms. The van der Waals surface area contributed by atoms with Crippen LogP contribution in [0.25, 0.3) is 0 Å². The third-order valence-corrected chi connectivity index (χ3v) is 3.72. The van der Waals surface area contributed by atoms with Crippen molar-refractivity contribution in [2.45, 2.75) is 19.2 Å². The number of halogens is 4. The zero-order valence-electron chi connectivity index (χ0n) is 15.5. The molecule has 29 heavy (non-hydrogen) atoms. The minimum atomic E-state index is -4.61. The fraction of sp³-hybridized carbons (Fsp3) is 0.263. The van der Waals surface area contributed by atoms with Gasteiger partial charge in [-0.05, 0) is 31.2 Å². The Bertz CT molecular complexity index is 847. The molecule has 10 heteroatoms. The largest absolute Gasteiger partial charge is 0.480 e. The third kappa shape index (κ3) is 6.65. The van der Waals surface area contributed by atoms with Crippen molar-refractivity contribution >= 4 is 29.9 Å². The van der Waals surface area contributed by atoms with Gasteiger partial charge in [-0.1, -0.05) is 24.3 Å². The van der Waals surface area contributed by atoms with Gasteiger partial charge in [0.25, 0.3) is 11.8 Å². The molecule has 1 unspecified atom stereocenters. The van der Waals surface area contributed by atoms with Gasteiger partial charge >= 0.3 is 6.18 Å². The molecule has 2 amide bonds. The lowest BCUT2D eigenvalue weighted by Gasteiger charge is -2.19. The molecule has 0 spiro atoms. The summed E-state index contributed by atoms with van der Waals surface area (Å²) in [5, 5.41) is 5.09. The average Bonchev–Trinajstić information content (AvgIpc) is 2.66. The molecule has 0 saturated heterocycles. The van der Waals surface area contributed by atoms with Crippen LogP contribution in [0.3, 0.4) is 0 Å². The predicted molar refractivity (Wildman–Crippen MR) is 105 cm³/mol. The van der Waals surface area contributed by atoms with Crippen molar-refractivity contribution in [3.05, 3.63) is 59.7 Å². The number of ether oxygens (including phenoxy) is 1. The van der Waals surface area contributed by atoms with Crippen LogP contribution in [0.5, 0.6) is 5.75 Å². The van der Waals surface area contributed by atoms with Gasteiger partial charge in [0.1, 0.15) is 5.75 Å². The van der Waals surface area contributed by atoms with Crippen molar-refractivity contribution in [1.82, 2.24) is 5.32 Å². The van der Waals surface area contributed by atoms with Crippen molar-refractivity contribution in [2.75, 3.05) is 18.4 Å². The molecule has 2 aromatic carbocycles. The number of alkyl halides is 3. The summed E-state index contributed by atoms with van der Waals surface area (Å²) in [6, 6.07) is 10.9. The van der Waals surface area contributed by atoms with Gasteiger partial charge in [0.15, 0.2) is 6.10 Å². The topological polar surface area (TPSA) is 93.4 Å². The van der Waals surface area contributed by atoms with Gasteiger partial charge in [-0.3, -0.25) is 9.59 Å². The quantitative estimate of drug-likeness (QED) is 0.627. The van der Waals surface area contributed by atoms with E-state index in [0.717, 1.165) is 12.1 Å². The molecule has 0 radical (unpaired) electrons. The summed E-state index contributed by atoms with van der Waals surface area (Å²) in [5.74, 6) is -1.58. The molecular weight excluding hydrogens is 411 g/mol. The SMILES string of the molecule is CC(Oc1ccccc1C(F)(F)F)C(=O)Nc1ccccc1C(=O)NCCN.Cl. The number of anilines is 1. The first kappa shape index (κ1) is 24.3. The molecule has 0 saturated carbocycles. The molecule has 0 fully saturated rings. The Morgan fingerprint density at radius 2 is 1.72 bits per heavy atom. The first-order chi connectivity index (χ1) is 13.2. The number of hydrogen-bond acceptors (Lipinski definition) is 4. The van der Waals surface area contributed by atoms with E-state index in [2.05, 4.69) is 10.6 Å². The van der Waals surface area contributed by atoms with Gasteiger partial charge in [-0.2, -0.15) is 13.2 Å². The number of rotatable bonds is 7. The van der Waals surface area contributed by atoms with E-state index >= 15 is 0 Å². The Morgan fingerprint density at radius 1 is 1.10 bits per heavy atom. The van der Waals surface area contributed by atoms with E-state index in [1.165, 1.54) is 31.2 Å². The molecule has 4 N–H and O–H groups in total. The molecule has 2 aromatic rings. The van der Waals surface area contributed by atoms with Gasteiger partial charge in [-0.15, -0.1) is 12.4 Å². The number of para-hydroxylation sites is 2. The van der Waals surface area contributed by atoms with E-state index < -0.39 is 35.4 Å². The molecule has 1 atom stereocenters. The zero-order valence-corrected chi connectivity index (χ0v) is 16.3. The summed E-state index contributed by atoms with van der Waals surface area (Å²) in [4.78, 5) is 24.5. The van der Waals surface area contributed by atoms with E-state index in [0.29, 0.717) is 0 Å². The van der Waals surface area contributed by atoms with Crippen molar-refractivity contribution in [3.8, 4) is 5.75 Å². The van der Waals surface area contributed by atoms with Crippen LogP contribution in [-0.4, -0.2) is 31.0 Å². The first-order valence-corrected chi connectivity index (χ1v) is 8.45. The van der Waals surface area contributed by atoms with Gasteiger partial charge < -0.3 is 21.1 Å². The number of nitrogens with two attached hydrogens (primary N) is 1. The molecular formula is C19H21ClF3N3O3. The lowest BCUT2D eigenvalue weighted by atomic mass is 10.1.